The van der Waals surface area contributed by atoms with Gasteiger partial charge in [-0.1, -0.05) is 34.1 Å². The van der Waals surface area contributed by atoms with E-state index in [1.54, 1.807) is 32.2 Å². The third-order valence-electron chi connectivity index (χ3n) is 5.57. The van der Waals surface area contributed by atoms with Gasteiger partial charge in [-0.05, 0) is 25.0 Å². The molecule has 0 radical (unpaired) electrons. The molecule has 1 atom stereocenters. The third-order valence-corrected chi connectivity index (χ3v) is 5.57. The first-order chi connectivity index (χ1) is 16.7. The highest BCUT2D eigenvalue weighted by atomic mass is 16.5. The Morgan fingerprint density at radius 2 is 1.91 bits per heavy atom. The van der Waals surface area contributed by atoms with Crippen molar-refractivity contribution in [1.29, 1.82) is 0 Å². The Hall–Kier alpha value is -4.09. The van der Waals surface area contributed by atoms with Gasteiger partial charge < -0.3 is 14.5 Å². The molecule has 35 heavy (non-hydrogen) atoms. The normalized spacial score (nSPS) is 13.0. The molecule has 0 bridgehead atoms. The second kappa shape index (κ2) is 10.9. The molecule has 3 aromatic heterocycles. The second-order valence-corrected chi connectivity index (χ2v) is 8.55. The van der Waals surface area contributed by atoms with E-state index in [1.807, 2.05) is 13.8 Å². The fraction of sp³-hybridized carbons (Fsp3) is 0.435. The first-order valence-corrected chi connectivity index (χ1v) is 11.3. The number of carbonyl (C=O) groups is 3. The molecule has 3 rings (SSSR count). The van der Waals surface area contributed by atoms with E-state index in [1.165, 1.54) is 18.5 Å². The standard InChI is InChI=1S/C23H29N7O5/c1-5-10-22(3,4)23(27-21(33)34-13-6-2,17(31)18(32)26-16-9-12-25-28-16)20-30-29-19(35-20)15-8-7-11-24-14-15/h7-9,11-12,14H,5-6,10,13H2,1-4H3,(H,27,33)(H2,25,26,28,32)/t23-/m0/s1. The Labute approximate surface area is 202 Å². The first kappa shape index (κ1) is 25.5. The van der Waals surface area contributed by atoms with Gasteiger partial charge in [0.2, 0.25) is 5.89 Å². The fourth-order valence-corrected chi connectivity index (χ4v) is 3.83. The van der Waals surface area contributed by atoms with Crippen LogP contribution in [0.1, 0.15) is 52.8 Å². The highest BCUT2D eigenvalue weighted by Crippen LogP contribution is 2.44. The van der Waals surface area contributed by atoms with Gasteiger partial charge in [0.15, 0.2) is 5.54 Å². The van der Waals surface area contributed by atoms with Crippen LogP contribution in [0.4, 0.5) is 10.6 Å². The number of pyridine rings is 1. The summed E-state index contributed by atoms with van der Waals surface area (Å²) in [5.74, 6) is -1.96. The molecule has 12 nitrogen and oxygen atoms in total. The maximum atomic E-state index is 13.9. The number of hydrogen-bond donors (Lipinski definition) is 3. The zero-order valence-electron chi connectivity index (χ0n) is 20.1. The Bertz CT molecular complexity index is 1140. The van der Waals surface area contributed by atoms with Crippen molar-refractivity contribution in [1.82, 2.24) is 30.7 Å². The predicted octanol–water partition coefficient (Wildman–Crippen LogP) is 3.22. The van der Waals surface area contributed by atoms with Crippen LogP contribution < -0.4 is 10.6 Å². The van der Waals surface area contributed by atoms with Crippen molar-refractivity contribution in [3.05, 3.63) is 42.7 Å². The topological polar surface area (TPSA) is 165 Å². The van der Waals surface area contributed by atoms with Crippen LogP contribution in [-0.4, -0.2) is 49.8 Å². The number of nitrogens with one attached hydrogen (secondary N) is 3. The van der Waals surface area contributed by atoms with E-state index in [4.69, 9.17) is 9.15 Å². The molecule has 186 valence electrons. The number of Topliss-reactive ketones (excluding diaryl/α,β-unsaturated/α-hetero) is 1. The number of ether oxygens (including phenoxy) is 1. The van der Waals surface area contributed by atoms with Crippen LogP contribution in [0.2, 0.25) is 0 Å². The Balaban J connectivity index is 2.15. The van der Waals surface area contributed by atoms with E-state index in [2.05, 4.69) is 36.0 Å². The van der Waals surface area contributed by atoms with E-state index >= 15 is 0 Å². The first-order valence-electron chi connectivity index (χ1n) is 11.3. The molecule has 2 amide bonds. The molecule has 0 aromatic carbocycles. The quantitative estimate of drug-likeness (QED) is 0.347. The van der Waals surface area contributed by atoms with Gasteiger partial charge in [0, 0.05) is 23.9 Å². The lowest BCUT2D eigenvalue weighted by molar-refractivity contribution is -0.144. The van der Waals surface area contributed by atoms with Crippen LogP contribution in [0.3, 0.4) is 0 Å². The van der Waals surface area contributed by atoms with Crippen LogP contribution in [0.15, 0.2) is 41.2 Å². The molecule has 3 heterocycles. The molecule has 3 N–H and O–H groups in total. The van der Waals surface area contributed by atoms with Gasteiger partial charge in [-0.3, -0.25) is 25.0 Å². The molecule has 12 heteroatoms. The molecular formula is C23H29N7O5. The highest BCUT2D eigenvalue weighted by molar-refractivity contribution is 6.43. The van der Waals surface area contributed by atoms with E-state index in [0.717, 1.165) is 0 Å². The minimum Gasteiger partial charge on any atom is -0.450 e. The summed E-state index contributed by atoms with van der Waals surface area (Å²) < 4.78 is 11.1. The van der Waals surface area contributed by atoms with Gasteiger partial charge in [0.05, 0.1) is 18.4 Å². The number of carbonyl (C=O) groups excluding carboxylic acids is 3. The Kier molecular flexibility index (Phi) is 7.94. The van der Waals surface area contributed by atoms with Crippen molar-refractivity contribution in [2.24, 2.45) is 5.41 Å². The molecule has 3 aromatic rings. The summed E-state index contributed by atoms with van der Waals surface area (Å²) in [6.07, 6.45) is 5.27. The number of aromatic nitrogens is 5. The average Bonchev–Trinajstić information content (AvgIpc) is 3.54. The zero-order chi connectivity index (χ0) is 25.5. The SMILES string of the molecule is CCCOC(=O)N[C@@](C(=O)C(=O)Nc1ccn[nH]1)(c1nnc(-c2cccnc2)o1)C(C)(C)CCC. The van der Waals surface area contributed by atoms with Crippen LogP contribution >= 0.6 is 0 Å². The minimum absolute atomic E-state index is 0.0790. The summed E-state index contributed by atoms with van der Waals surface area (Å²) in [5.41, 5.74) is -2.57. The van der Waals surface area contributed by atoms with Gasteiger partial charge in [-0.15, -0.1) is 10.2 Å². The van der Waals surface area contributed by atoms with Crippen molar-refractivity contribution in [2.75, 3.05) is 11.9 Å². The van der Waals surface area contributed by atoms with Gasteiger partial charge in [-0.25, -0.2) is 4.79 Å². The van der Waals surface area contributed by atoms with Crippen LogP contribution in [0.25, 0.3) is 11.5 Å². The Morgan fingerprint density at radius 3 is 2.54 bits per heavy atom. The van der Waals surface area contributed by atoms with E-state index in [0.29, 0.717) is 24.8 Å². The molecule has 0 aliphatic carbocycles. The molecule has 0 aliphatic heterocycles. The van der Waals surface area contributed by atoms with Crippen molar-refractivity contribution < 1.29 is 23.5 Å². The number of amides is 2. The molecule has 0 saturated heterocycles. The summed E-state index contributed by atoms with van der Waals surface area (Å²) in [6, 6.07) is 4.88. The number of alkyl carbamates (subject to hydrolysis) is 1. The average molecular weight is 484 g/mol. The van der Waals surface area contributed by atoms with Crippen LogP contribution in [0, 0.1) is 5.41 Å². The summed E-state index contributed by atoms with van der Waals surface area (Å²) in [7, 11) is 0. The lowest BCUT2D eigenvalue weighted by Gasteiger charge is -2.42. The lowest BCUT2D eigenvalue weighted by atomic mass is 9.66. The maximum absolute atomic E-state index is 13.9. The second-order valence-electron chi connectivity index (χ2n) is 8.55. The number of rotatable bonds is 11. The third kappa shape index (κ3) is 5.36. The monoisotopic (exact) mass is 483 g/mol. The molecule has 0 spiro atoms. The largest absolute Gasteiger partial charge is 0.450 e. The maximum Gasteiger partial charge on any atom is 0.408 e. The number of anilines is 1. The highest BCUT2D eigenvalue weighted by Gasteiger charge is 2.59. The van der Waals surface area contributed by atoms with Crippen LogP contribution in [0.5, 0.6) is 0 Å². The number of ketones is 1. The number of aromatic amines is 1. The van der Waals surface area contributed by atoms with Gasteiger partial charge in [-0.2, -0.15) is 5.10 Å². The van der Waals surface area contributed by atoms with Gasteiger partial charge in [0.25, 0.3) is 17.6 Å². The molecule has 0 saturated carbocycles. The zero-order valence-corrected chi connectivity index (χ0v) is 20.1. The number of nitrogens with zero attached hydrogens (tertiary/aromatic N) is 4. The van der Waals surface area contributed by atoms with Crippen molar-refractivity contribution in [2.45, 2.75) is 52.5 Å². The Morgan fingerprint density at radius 1 is 1.11 bits per heavy atom. The van der Waals surface area contributed by atoms with Gasteiger partial charge in [0.1, 0.15) is 5.82 Å². The summed E-state index contributed by atoms with van der Waals surface area (Å²) in [6.45, 7) is 7.36. The predicted molar refractivity (Wildman–Crippen MR) is 125 cm³/mol. The minimum atomic E-state index is -2.04. The number of H-pyrrole nitrogens is 1. The van der Waals surface area contributed by atoms with Crippen molar-refractivity contribution >= 4 is 23.6 Å². The van der Waals surface area contributed by atoms with Crippen LogP contribution in [-0.2, 0) is 19.9 Å². The van der Waals surface area contributed by atoms with Crippen molar-refractivity contribution in [3.63, 3.8) is 0 Å². The summed E-state index contributed by atoms with van der Waals surface area (Å²) >= 11 is 0. The van der Waals surface area contributed by atoms with Crippen molar-refractivity contribution in [3.8, 4) is 11.5 Å². The molecule has 0 aliphatic rings. The van der Waals surface area contributed by atoms with E-state index in [9.17, 15) is 14.4 Å². The molecule has 0 fully saturated rings. The lowest BCUT2D eigenvalue weighted by Crippen LogP contribution is -2.63. The van der Waals surface area contributed by atoms with E-state index in [-0.39, 0.29) is 24.2 Å². The summed E-state index contributed by atoms with van der Waals surface area (Å²) in [4.78, 5) is 43.9. The fourth-order valence-electron chi connectivity index (χ4n) is 3.83. The molecular weight excluding hydrogens is 454 g/mol. The van der Waals surface area contributed by atoms with E-state index < -0.39 is 28.7 Å². The van der Waals surface area contributed by atoms with Gasteiger partial charge >= 0.3 is 6.09 Å². The smallest absolute Gasteiger partial charge is 0.408 e. The molecule has 0 unspecified atom stereocenters. The summed E-state index contributed by atoms with van der Waals surface area (Å²) in [5, 5.41) is 19.6. The number of hydrogen-bond acceptors (Lipinski definition) is 9.